The summed E-state index contributed by atoms with van der Waals surface area (Å²) in [5.41, 5.74) is 0.370. The van der Waals surface area contributed by atoms with Crippen molar-refractivity contribution in [2.45, 2.75) is 38.7 Å². The second kappa shape index (κ2) is 12.7. The van der Waals surface area contributed by atoms with Gasteiger partial charge >= 0.3 is 12.0 Å². The van der Waals surface area contributed by atoms with E-state index in [9.17, 15) is 19.1 Å². The number of urea groups is 1. The van der Waals surface area contributed by atoms with Gasteiger partial charge in [-0.15, -0.1) is 0 Å². The number of piperidine rings is 1. The number of carbonyl (C=O) groups excluding carboxylic acids is 1. The number of carbonyl (C=O) groups is 2. The maximum absolute atomic E-state index is 13.4. The summed E-state index contributed by atoms with van der Waals surface area (Å²) in [7, 11) is 0. The van der Waals surface area contributed by atoms with Crippen molar-refractivity contribution >= 4 is 23.8 Å². The van der Waals surface area contributed by atoms with Crippen molar-refractivity contribution in [2.24, 2.45) is 5.92 Å². The molecule has 40 heavy (non-hydrogen) atoms. The van der Waals surface area contributed by atoms with E-state index in [1.807, 2.05) is 0 Å². The molecule has 8 nitrogen and oxygen atoms in total. The Morgan fingerprint density at radius 3 is 2.02 bits per heavy atom. The lowest BCUT2D eigenvalue weighted by Gasteiger charge is -2.39. The van der Waals surface area contributed by atoms with Gasteiger partial charge in [0.1, 0.15) is 28.8 Å². The molecule has 1 fully saturated rings. The highest BCUT2D eigenvalue weighted by Gasteiger charge is 2.34. The number of benzene rings is 3. The van der Waals surface area contributed by atoms with Crippen LogP contribution in [0.5, 0.6) is 23.0 Å². The van der Waals surface area contributed by atoms with Crippen molar-refractivity contribution in [1.29, 1.82) is 0 Å². The third kappa shape index (κ3) is 8.31. The number of nitrogens with zero attached hydrogens (tertiary/aromatic N) is 1. The van der Waals surface area contributed by atoms with Crippen LogP contribution in [0.4, 0.5) is 14.9 Å². The molecule has 0 atom stereocenters. The Hall–Kier alpha value is -4.37. The number of likely N-dealkylation sites (tertiary alicyclic amines) is 1. The number of anilines is 1. The fraction of sp³-hybridized carbons (Fsp3) is 0.290. The molecule has 0 aromatic heterocycles. The lowest BCUT2D eigenvalue weighted by atomic mass is 9.84. The lowest BCUT2D eigenvalue weighted by Crippen LogP contribution is -2.48. The molecule has 9 heteroatoms. The van der Waals surface area contributed by atoms with Gasteiger partial charge in [0.05, 0.1) is 5.60 Å². The first-order valence-corrected chi connectivity index (χ1v) is 13.1. The van der Waals surface area contributed by atoms with E-state index in [0.29, 0.717) is 72.5 Å². The van der Waals surface area contributed by atoms with Crippen molar-refractivity contribution in [3.05, 3.63) is 84.2 Å². The zero-order valence-electron chi connectivity index (χ0n) is 22.5. The molecule has 0 unspecified atom stereocenters. The topological polar surface area (TPSA) is 108 Å². The normalized spacial score (nSPS) is 14.8. The Labute approximate surface area is 232 Å². The summed E-state index contributed by atoms with van der Waals surface area (Å²) < 4.78 is 25.3. The average Bonchev–Trinajstić information content (AvgIpc) is 2.89. The molecule has 0 radical (unpaired) electrons. The van der Waals surface area contributed by atoms with Crippen LogP contribution >= 0.6 is 0 Å². The molecule has 1 heterocycles. The van der Waals surface area contributed by atoms with Crippen LogP contribution in [0.2, 0.25) is 0 Å². The smallest absolute Gasteiger partial charge is 0.328 e. The van der Waals surface area contributed by atoms with Crippen LogP contribution in [0.3, 0.4) is 0 Å². The van der Waals surface area contributed by atoms with E-state index in [-0.39, 0.29) is 11.8 Å². The van der Waals surface area contributed by atoms with E-state index in [1.165, 1.54) is 30.3 Å². The number of halogens is 1. The van der Waals surface area contributed by atoms with Crippen molar-refractivity contribution in [3.63, 3.8) is 0 Å². The largest absolute Gasteiger partial charge is 0.478 e. The molecule has 3 N–H and O–H groups in total. The number of ether oxygens (including phenoxy) is 2. The van der Waals surface area contributed by atoms with Gasteiger partial charge in [-0.2, -0.15) is 0 Å². The number of nitrogens with one attached hydrogen (secondary N) is 1. The first-order chi connectivity index (χ1) is 19.1. The Bertz CT molecular complexity index is 1350. The Balaban J connectivity index is 1.51. The first-order valence-electron chi connectivity index (χ1n) is 13.1. The van der Waals surface area contributed by atoms with Gasteiger partial charge in [-0.25, -0.2) is 14.0 Å². The molecule has 1 aliphatic heterocycles. The molecule has 4 rings (SSSR count). The predicted molar refractivity (Wildman–Crippen MR) is 150 cm³/mol. The molecule has 3 aromatic carbocycles. The first kappa shape index (κ1) is 28.6. The van der Waals surface area contributed by atoms with E-state index < -0.39 is 11.6 Å². The van der Waals surface area contributed by atoms with Gasteiger partial charge in [0.15, 0.2) is 0 Å². The Kier molecular flexibility index (Phi) is 9.06. The highest BCUT2D eigenvalue weighted by Crippen LogP contribution is 2.34. The highest BCUT2D eigenvalue weighted by molar-refractivity contribution is 5.90. The van der Waals surface area contributed by atoms with Gasteiger partial charge in [-0.05, 0) is 73.2 Å². The lowest BCUT2D eigenvalue weighted by molar-refractivity contribution is -0.131. The fourth-order valence-corrected chi connectivity index (χ4v) is 4.64. The number of rotatable bonds is 9. The summed E-state index contributed by atoms with van der Waals surface area (Å²) in [4.78, 5) is 25.5. The van der Waals surface area contributed by atoms with Gasteiger partial charge in [-0.1, -0.05) is 26.0 Å². The van der Waals surface area contributed by atoms with E-state index in [1.54, 1.807) is 47.4 Å². The predicted octanol–water partition coefficient (Wildman–Crippen LogP) is 6.91. The third-order valence-corrected chi connectivity index (χ3v) is 6.48. The third-order valence-electron chi connectivity index (χ3n) is 6.48. The van der Waals surface area contributed by atoms with E-state index in [2.05, 4.69) is 19.2 Å². The van der Waals surface area contributed by atoms with Crippen LogP contribution in [0.15, 0.2) is 72.8 Å². The van der Waals surface area contributed by atoms with E-state index >= 15 is 0 Å². The zero-order valence-corrected chi connectivity index (χ0v) is 22.5. The molecule has 2 amide bonds. The summed E-state index contributed by atoms with van der Waals surface area (Å²) in [6.07, 6.45) is 4.24. The Morgan fingerprint density at radius 1 is 0.950 bits per heavy atom. The van der Waals surface area contributed by atoms with Crippen LogP contribution in [-0.4, -0.2) is 45.8 Å². The van der Waals surface area contributed by atoms with Gasteiger partial charge in [-0.3, -0.25) is 0 Å². The molecule has 0 spiro atoms. The van der Waals surface area contributed by atoms with E-state index in [0.717, 1.165) is 6.08 Å². The minimum atomic E-state index is -1.04. The second-order valence-corrected chi connectivity index (χ2v) is 10.3. The summed E-state index contributed by atoms with van der Waals surface area (Å²) in [5, 5.41) is 22.5. The standard InChI is InChI=1S/C31H33FN2O6/c1-21(2)20-31(38)13-15-34(16-14-31)30(37)33-24-17-27(19-28(18-24)40-26-10-6-23(32)7-11-26)39-25-8-3-22(4-9-25)5-12-29(35)36/h3-12,17-19,21,38H,13-16,20H2,1-2H3,(H,33,37)(H,35,36). The number of amides is 2. The Morgan fingerprint density at radius 2 is 1.50 bits per heavy atom. The van der Waals surface area contributed by atoms with Gasteiger partial charge < -0.3 is 29.9 Å². The molecule has 210 valence electrons. The number of carboxylic acids is 1. The summed E-state index contributed by atoms with van der Waals surface area (Å²) in [6.45, 7) is 5.02. The van der Waals surface area contributed by atoms with Crippen molar-refractivity contribution in [1.82, 2.24) is 4.90 Å². The van der Waals surface area contributed by atoms with Crippen molar-refractivity contribution in [2.75, 3.05) is 18.4 Å². The number of hydrogen-bond acceptors (Lipinski definition) is 5. The van der Waals surface area contributed by atoms with Crippen LogP contribution in [-0.2, 0) is 4.79 Å². The second-order valence-electron chi connectivity index (χ2n) is 10.3. The maximum Gasteiger partial charge on any atom is 0.328 e. The van der Waals surface area contributed by atoms with Crippen LogP contribution in [0.1, 0.15) is 38.7 Å². The average molecular weight is 549 g/mol. The number of hydrogen-bond donors (Lipinski definition) is 3. The number of aliphatic carboxylic acids is 1. The molecule has 0 aliphatic carbocycles. The van der Waals surface area contributed by atoms with Crippen LogP contribution in [0.25, 0.3) is 6.08 Å². The monoisotopic (exact) mass is 548 g/mol. The zero-order chi connectivity index (χ0) is 28.7. The van der Waals surface area contributed by atoms with Gasteiger partial charge in [0, 0.05) is 43.1 Å². The SMILES string of the molecule is CC(C)CC1(O)CCN(C(=O)Nc2cc(Oc3ccc(F)cc3)cc(Oc3ccc(C=CC(=O)O)cc3)c2)CC1. The molecule has 0 saturated carbocycles. The summed E-state index contributed by atoms with van der Waals surface area (Å²) >= 11 is 0. The number of aliphatic hydroxyl groups is 1. The molecule has 1 aliphatic rings. The fourth-order valence-electron chi connectivity index (χ4n) is 4.64. The quantitative estimate of drug-likeness (QED) is 0.251. The molecule has 3 aromatic rings. The van der Waals surface area contributed by atoms with Crippen LogP contribution < -0.4 is 14.8 Å². The molecule has 0 bridgehead atoms. The number of carboxylic acid groups (broad SMARTS) is 1. The van der Waals surface area contributed by atoms with Crippen LogP contribution in [0, 0.1) is 11.7 Å². The van der Waals surface area contributed by atoms with E-state index in [4.69, 9.17) is 14.6 Å². The van der Waals surface area contributed by atoms with Crippen molar-refractivity contribution < 1.29 is 33.7 Å². The summed E-state index contributed by atoms with van der Waals surface area (Å²) in [5.74, 6) is 0.587. The summed E-state index contributed by atoms with van der Waals surface area (Å²) in [6, 6.07) is 17.0. The van der Waals surface area contributed by atoms with Gasteiger partial charge in [0.25, 0.3) is 0 Å². The minimum absolute atomic E-state index is 0.300. The highest BCUT2D eigenvalue weighted by atomic mass is 19.1. The van der Waals surface area contributed by atoms with Gasteiger partial charge in [0.2, 0.25) is 0 Å². The minimum Gasteiger partial charge on any atom is -0.478 e. The molecule has 1 saturated heterocycles. The molecular weight excluding hydrogens is 515 g/mol. The molecular formula is C31H33FN2O6. The maximum atomic E-state index is 13.4. The van der Waals surface area contributed by atoms with Crippen molar-refractivity contribution in [3.8, 4) is 23.0 Å².